The van der Waals surface area contributed by atoms with Crippen LogP contribution in [-0.2, 0) is 10.0 Å². The number of nitrogens with zero attached hydrogens (tertiary/aromatic N) is 2. The topological polar surface area (TPSA) is 79.4 Å². The van der Waals surface area contributed by atoms with Crippen LogP contribution in [0.1, 0.15) is 16.9 Å². The van der Waals surface area contributed by atoms with Gasteiger partial charge in [0, 0.05) is 19.6 Å². The van der Waals surface area contributed by atoms with E-state index in [1.54, 1.807) is 0 Å². The quantitative estimate of drug-likeness (QED) is 0.844. The second kappa shape index (κ2) is 6.04. The lowest BCUT2D eigenvalue weighted by atomic mass is 10.4. The predicted octanol–water partition coefficient (Wildman–Crippen LogP) is 1.32. The van der Waals surface area contributed by atoms with Gasteiger partial charge in [0.25, 0.3) is 5.91 Å². The first-order chi connectivity index (χ1) is 8.90. The van der Waals surface area contributed by atoms with Crippen molar-refractivity contribution < 1.29 is 13.2 Å². The molecule has 0 unspecified atom stereocenters. The minimum atomic E-state index is -3.12. The number of carbonyl (C=O) groups excluding carboxylic acids is 1. The molecule has 1 saturated heterocycles. The number of thiazole rings is 1. The maximum atomic E-state index is 11.8. The van der Waals surface area contributed by atoms with Gasteiger partial charge in [-0.3, -0.25) is 4.79 Å². The molecule has 19 heavy (non-hydrogen) atoms. The molecule has 6 nitrogen and oxygen atoms in total. The number of halogens is 2. The van der Waals surface area contributed by atoms with Crippen LogP contribution in [0.5, 0.6) is 0 Å². The highest BCUT2D eigenvalue weighted by Gasteiger charge is 2.27. The second-order valence-electron chi connectivity index (χ2n) is 3.91. The molecule has 1 aliphatic heterocycles. The standard InChI is InChI=1S/C9H11BrClN3O3S2/c10-7-6(13-9(11)18-7)8(15)12-2-4-14-3-1-5-19(14,16)17/h1-5H2,(H,12,15). The van der Waals surface area contributed by atoms with Crippen LogP contribution < -0.4 is 5.32 Å². The molecule has 1 N–H and O–H groups in total. The van der Waals surface area contributed by atoms with Gasteiger partial charge in [0.15, 0.2) is 10.2 Å². The van der Waals surface area contributed by atoms with Crippen molar-refractivity contribution in [1.82, 2.24) is 14.6 Å². The Morgan fingerprint density at radius 2 is 2.32 bits per heavy atom. The maximum absolute atomic E-state index is 11.8. The van der Waals surface area contributed by atoms with Gasteiger partial charge in [0.05, 0.1) is 5.75 Å². The molecule has 0 aromatic carbocycles. The van der Waals surface area contributed by atoms with Crippen LogP contribution in [0.25, 0.3) is 0 Å². The molecule has 2 heterocycles. The van der Waals surface area contributed by atoms with Crippen LogP contribution >= 0.6 is 38.9 Å². The molecule has 0 aliphatic carbocycles. The number of amides is 1. The number of hydrogen-bond donors (Lipinski definition) is 1. The monoisotopic (exact) mass is 387 g/mol. The van der Waals surface area contributed by atoms with E-state index in [0.717, 1.165) is 11.3 Å². The zero-order chi connectivity index (χ0) is 14.0. The SMILES string of the molecule is O=C(NCCN1CCCS1(=O)=O)c1nc(Cl)sc1Br. The zero-order valence-electron chi connectivity index (χ0n) is 9.73. The number of rotatable bonds is 4. The Labute approximate surface area is 128 Å². The Balaban J connectivity index is 1.86. The van der Waals surface area contributed by atoms with Crippen molar-refractivity contribution in [3.05, 3.63) is 13.9 Å². The van der Waals surface area contributed by atoms with Crippen molar-refractivity contribution >= 4 is 54.8 Å². The molecule has 0 atom stereocenters. The second-order valence-corrected chi connectivity index (χ2v) is 8.90. The first-order valence-electron chi connectivity index (χ1n) is 5.48. The fourth-order valence-electron chi connectivity index (χ4n) is 1.74. The van der Waals surface area contributed by atoms with Crippen LogP contribution in [0.2, 0.25) is 4.47 Å². The molecule has 0 saturated carbocycles. The number of aromatic nitrogens is 1. The smallest absolute Gasteiger partial charge is 0.272 e. The highest BCUT2D eigenvalue weighted by atomic mass is 79.9. The number of carbonyl (C=O) groups is 1. The molecule has 0 spiro atoms. The molecule has 1 aromatic rings. The van der Waals surface area contributed by atoms with E-state index in [1.807, 2.05) is 0 Å². The van der Waals surface area contributed by atoms with Crippen molar-refractivity contribution in [2.45, 2.75) is 6.42 Å². The molecule has 0 radical (unpaired) electrons. The lowest BCUT2D eigenvalue weighted by Crippen LogP contribution is -2.36. The first-order valence-corrected chi connectivity index (χ1v) is 9.07. The van der Waals surface area contributed by atoms with E-state index in [0.29, 0.717) is 16.8 Å². The zero-order valence-corrected chi connectivity index (χ0v) is 13.7. The molecule has 1 amide bonds. The summed E-state index contributed by atoms with van der Waals surface area (Å²) in [4.78, 5) is 15.7. The van der Waals surface area contributed by atoms with E-state index in [1.165, 1.54) is 4.31 Å². The number of sulfonamides is 1. The summed E-state index contributed by atoms with van der Waals surface area (Å²) in [5, 5.41) is 2.63. The van der Waals surface area contributed by atoms with E-state index < -0.39 is 10.0 Å². The summed E-state index contributed by atoms with van der Waals surface area (Å²) in [5.74, 6) is -0.180. The summed E-state index contributed by atoms with van der Waals surface area (Å²) in [5.41, 5.74) is 0.222. The van der Waals surface area contributed by atoms with Crippen molar-refractivity contribution in [2.75, 3.05) is 25.4 Å². The Bertz CT molecular complexity index is 590. The molecule has 10 heteroatoms. The van der Waals surface area contributed by atoms with Crippen molar-refractivity contribution in [2.24, 2.45) is 0 Å². The van der Waals surface area contributed by atoms with Gasteiger partial charge in [-0.15, -0.1) is 0 Å². The lowest BCUT2D eigenvalue weighted by molar-refractivity contribution is 0.0947. The first kappa shape index (κ1) is 15.2. The molecule has 1 aromatic heterocycles. The van der Waals surface area contributed by atoms with Gasteiger partial charge in [0.2, 0.25) is 10.0 Å². The van der Waals surface area contributed by atoms with Crippen LogP contribution in [0.4, 0.5) is 0 Å². The van der Waals surface area contributed by atoms with Gasteiger partial charge >= 0.3 is 0 Å². The van der Waals surface area contributed by atoms with Gasteiger partial charge in [-0.25, -0.2) is 17.7 Å². The van der Waals surface area contributed by atoms with Crippen molar-refractivity contribution in [3.8, 4) is 0 Å². The maximum Gasteiger partial charge on any atom is 0.272 e. The van der Waals surface area contributed by atoms with Crippen LogP contribution in [0.3, 0.4) is 0 Å². The van der Waals surface area contributed by atoms with Crippen LogP contribution in [-0.4, -0.2) is 49.0 Å². The van der Waals surface area contributed by atoms with E-state index >= 15 is 0 Å². The van der Waals surface area contributed by atoms with E-state index in [9.17, 15) is 13.2 Å². The predicted molar refractivity (Wildman–Crippen MR) is 77.1 cm³/mol. The van der Waals surface area contributed by atoms with Crippen molar-refractivity contribution in [3.63, 3.8) is 0 Å². The Hall–Kier alpha value is -0.220. The Morgan fingerprint density at radius 3 is 2.84 bits per heavy atom. The van der Waals surface area contributed by atoms with Crippen LogP contribution in [0, 0.1) is 0 Å². The van der Waals surface area contributed by atoms with E-state index in [-0.39, 0.29) is 34.9 Å². The van der Waals surface area contributed by atoms with E-state index in [2.05, 4.69) is 26.2 Å². The Kier molecular flexibility index (Phi) is 4.83. The lowest BCUT2D eigenvalue weighted by Gasteiger charge is -2.14. The summed E-state index contributed by atoms with van der Waals surface area (Å²) in [6, 6.07) is 0. The summed E-state index contributed by atoms with van der Waals surface area (Å²) < 4.78 is 25.3. The third-order valence-corrected chi connectivity index (χ3v) is 6.39. The minimum absolute atomic E-state index is 0.189. The molecule has 1 aliphatic rings. The largest absolute Gasteiger partial charge is 0.349 e. The highest BCUT2D eigenvalue weighted by Crippen LogP contribution is 2.27. The van der Waals surface area contributed by atoms with Gasteiger partial charge in [0.1, 0.15) is 3.79 Å². The van der Waals surface area contributed by atoms with E-state index in [4.69, 9.17) is 11.6 Å². The summed E-state index contributed by atoms with van der Waals surface area (Å²) in [7, 11) is -3.12. The summed E-state index contributed by atoms with van der Waals surface area (Å²) >= 11 is 10.1. The average Bonchev–Trinajstić information content (AvgIpc) is 2.81. The molecular formula is C9H11BrClN3O3S2. The number of nitrogens with one attached hydrogen (secondary N) is 1. The van der Waals surface area contributed by atoms with Crippen molar-refractivity contribution in [1.29, 1.82) is 0 Å². The molecule has 1 fully saturated rings. The number of hydrogen-bond acceptors (Lipinski definition) is 5. The molecular weight excluding hydrogens is 378 g/mol. The van der Waals surface area contributed by atoms with Gasteiger partial charge in [-0.2, -0.15) is 0 Å². The molecule has 106 valence electrons. The molecule has 0 bridgehead atoms. The molecule has 2 rings (SSSR count). The normalized spacial score (nSPS) is 18.6. The van der Waals surface area contributed by atoms with Gasteiger partial charge in [-0.05, 0) is 22.4 Å². The minimum Gasteiger partial charge on any atom is -0.349 e. The van der Waals surface area contributed by atoms with Crippen LogP contribution in [0.15, 0.2) is 3.79 Å². The van der Waals surface area contributed by atoms with Gasteiger partial charge in [-0.1, -0.05) is 22.9 Å². The third-order valence-electron chi connectivity index (χ3n) is 2.62. The fraction of sp³-hybridized carbons (Fsp3) is 0.556. The van der Waals surface area contributed by atoms with Gasteiger partial charge < -0.3 is 5.32 Å². The highest BCUT2D eigenvalue weighted by molar-refractivity contribution is 9.11. The fourth-order valence-corrected chi connectivity index (χ4v) is 5.11. The Morgan fingerprint density at radius 1 is 1.58 bits per heavy atom. The third kappa shape index (κ3) is 3.66. The summed E-state index contributed by atoms with van der Waals surface area (Å²) in [6.45, 7) is 1.05. The average molecular weight is 389 g/mol. The summed E-state index contributed by atoms with van der Waals surface area (Å²) in [6.07, 6.45) is 0.642.